The van der Waals surface area contributed by atoms with Gasteiger partial charge in [-0.15, -0.1) is 0 Å². The van der Waals surface area contributed by atoms with Crippen molar-refractivity contribution in [2.45, 2.75) is 57.2 Å². The smallest absolute Gasteiger partial charge is 0.315 e. The molecule has 0 aromatic rings. The predicted molar refractivity (Wildman–Crippen MR) is 71.0 cm³/mol. The van der Waals surface area contributed by atoms with Gasteiger partial charge >= 0.3 is 12.0 Å². The highest BCUT2D eigenvalue weighted by atomic mass is 16.4. The predicted octanol–water partition coefficient (Wildman–Crippen LogP) is 0.776. The molecule has 2 unspecified atom stereocenters. The molecule has 2 aliphatic heterocycles. The Morgan fingerprint density at radius 1 is 1.32 bits per heavy atom. The van der Waals surface area contributed by atoms with Crippen LogP contribution in [0.25, 0.3) is 0 Å². The zero-order chi connectivity index (χ0) is 14.0. The van der Waals surface area contributed by atoms with Crippen LogP contribution in [0.4, 0.5) is 4.79 Å². The third-order valence-electron chi connectivity index (χ3n) is 3.97. The van der Waals surface area contributed by atoms with E-state index >= 15 is 0 Å². The van der Waals surface area contributed by atoms with Crippen molar-refractivity contribution in [2.24, 2.45) is 0 Å². The number of carbonyl (C=O) groups excluding carboxylic acids is 1. The van der Waals surface area contributed by atoms with E-state index in [0.717, 1.165) is 25.9 Å². The highest BCUT2D eigenvalue weighted by Gasteiger charge is 2.38. The summed E-state index contributed by atoms with van der Waals surface area (Å²) < 4.78 is 0. The first kappa shape index (κ1) is 14.1. The quantitative estimate of drug-likeness (QED) is 0.704. The molecule has 2 heterocycles. The van der Waals surface area contributed by atoms with Gasteiger partial charge in [-0.1, -0.05) is 0 Å². The van der Waals surface area contributed by atoms with E-state index in [1.807, 2.05) is 0 Å². The molecule has 0 radical (unpaired) electrons. The normalized spacial score (nSPS) is 27.1. The number of rotatable bonds is 4. The van der Waals surface area contributed by atoms with E-state index in [4.69, 9.17) is 5.11 Å². The van der Waals surface area contributed by atoms with Crippen molar-refractivity contribution in [3.63, 3.8) is 0 Å². The summed E-state index contributed by atoms with van der Waals surface area (Å²) in [5.41, 5.74) is -0.732. The lowest BCUT2D eigenvalue weighted by Gasteiger charge is -2.27. The van der Waals surface area contributed by atoms with Gasteiger partial charge in [0, 0.05) is 24.2 Å². The average molecular weight is 269 g/mol. The first-order valence-electron chi connectivity index (χ1n) is 6.92. The van der Waals surface area contributed by atoms with Gasteiger partial charge in [-0.3, -0.25) is 9.69 Å². The van der Waals surface area contributed by atoms with Gasteiger partial charge in [0.1, 0.15) is 0 Å². The molecule has 0 spiro atoms. The van der Waals surface area contributed by atoms with Crippen LogP contribution in [0.3, 0.4) is 0 Å². The molecule has 6 nitrogen and oxygen atoms in total. The van der Waals surface area contributed by atoms with Gasteiger partial charge in [0.25, 0.3) is 0 Å². The standard InChI is InChI=1S/C13H23N3O3/c1-13(2,8-11(17)18)15-12(19)14-9-5-7-16-6-3-4-10(9)16/h9-10H,3-8H2,1-2H3,(H,17,18)(H2,14,15,19). The van der Waals surface area contributed by atoms with Crippen LogP contribution in [-0.2, 0) is 4.79 Å². The number of hydrogen-bond acceptors (Lipinski definition) is 3. The maximum atomic E-state index is 12.0. The minimum atomic E-state index is -0.909. The third kappa shape index (κ3) is 3.59. The van der Waals surface area contributed by atoms with Crippen molar-refractivity contribution in [1.29, 1.82) is 0 Å². The maximum absolute atomic E-state index is 12.0. The molecular formula is C13H23N3O3. The van der Waals surface area contributed by atoms with Crippen molar-refractivity contribution in [3.05, 3.63) is 0 Å². The van der Waals surface area contributed by atoms with Crippen LogP contribution >= 0.6 is 0 Å². The Morgan fingerprint density at radius 2 is 2.05 bits per heavy atom. The van der Waals surface area contributed by atoms with E-state index in [2.05, 4.69) is 15.5 Å². The molecule has 2 saturated heterocycles. The molecule has 0 aromatic carbocycles. The van der Waals surface area contributed by atoms with E-state index in [0.29, 0.717) is 6.04 Å². The van der Waals surface area contributed by atoms with E-state index < -0.39 is 11.5 Å². The Bertz CT molecular complexity index is 370. The zero-order valence-electron chi connectivity index (χ0n) is 11.6. The molecule has 0 saturated carbocycles. The number of carbonyl (C=O) groups is 2. The molecule has 6 heteroatoms. The van der Waals surface area contributed by atoms with E-state index in [1.165, 1.54) is 6.42 Å². The summed E-state index contributed by atoms with van der Waals surface area (Å²) >= 11 is 0. The summed E-state index contributed by atoms with van der Waals surface area (Å²) in [4.78, 5) is 25.1. The summed E-state index contributed by atoms with van der Waals surface area (Å²) in [6.07, 6.45) is 3.25. The second kappa shape index (κ2) is 5.36. The summed E-state index contributed by atoms with van der Waals surface area (Å²) in [7, 11) is 0. The molecule has 0 aliphatic carbocycles. The lowest BCUT2D eigenvalue weighted by atomic mass is 10.0. The van der Waals surface area contributed by atoms with Crippen molar-refractivity contribution in [2.75, 3.05) is 13.1 Å². The summed E-state index contributed by atoms with van der Waals surface area (Å²) in [6.45, 7) is 5.62. The molecule has 0 bridgehead atoms. The summed E-state index contributed by atoms with van der Waals surface area (Å²) in [6, 6.07) is 0.404. The van der Waals surface area contributed by atoms with Crippen molar-refractivity contribution in [3.8, 4) is 0 Å². The monoisotopic (exact) mass is 269 g/mol. The van der Waals surface area contributed by atoms with Gasteiger partial charge in [-0.2, -0.15) is 0 Å². The molecule has 108 valence electrons. The number of carboxylic acids is 1. The van der Waals surface area contributed by atoms with Crippen molar-refractivity contribution in [1.82, 2.24) is 15.5 Å². The van der Waals surface area contributed by atoms with E-state index in [9.17, 15) is 9.59 Å². The fourth-order valence-electron chi connectivity index (χ4n) is 3.18. The van der Waals surface area contributed by atoms with Crippen LogP contribution in [0.1, 0.15) is 39.5 Å². The van der Waals surface area contributed by atoms with Crippen LogP contribution in [0.5, 0.6) is 0 Å². The Kier molecular flexibility index (Phi) is 3.99. The minimum Gasteiger partial charge on any atom is -0.481 e. The lowest BCUT2D eigenvalue weighted by Crippen LogP contribution is -2.53. The second-order valence-electron chi connectivity index (χ2n) is 6.19. The Balaban J connectivity index is 1.83. The Labute approximate surface area is 113 Å². The molecule has 3 N–H and O–H groups in total. The number of aliphatic carboxylic acids is 1. The van der Waals surface area contributed by atoms with E-state index in [-0.39, 0.29) is 18.5 Å². The van der Waals surface area contributed by atoms with Crippen LogP contribution in [0.2, 0.25) is 0 Å². The number of hydrogen-bond donors (Lipinski definition) is 3. The molecule has 2 amide bonds. The SMILES string of the molecule is CC(C)(CC(=O)O)NC(=O)NC1CCN2CCCC12. The third-order valence-corrected chi connectivity index (χ3v) is 3.97. The van der Waals surface area contributed by atoms with Gasteiger partial charge in [-0.05, 0) is 39.7 Å². The fourth-order valence-corrected chi connectivity index (χ4v) is 3.18. The van der Waals surface area contributed by atoms with Gasteiger partial charge in [0.15, 0.2) is 0 Å². The number of urea groups is 1. The molecule has 19 heavy (non-hydrogen) atoms. The molecule has 2 aliphatic rings. The first-order chi connectivity index (χ1) is 8.87. The molecule has 2 rings (SSSR count). The van der Waals surface area contributed by atoms with Crippen molar-refractivity contribution < 1.29 is 14.7 Å². The van der Waals surface area contributed by atoms with Crippen LogP contribution < -0.4 is 10.6 Å². The number of amides is 2. The minimum absolute atomic E-state index is 0.0827. The van der Waals surface area contributed by atoms with Gasteiger partial charge in [0.05, 0.1) is 6.42 Å². The van der Waals surface area contributed by atoms with E-state index in [1.54, 1.807) is 13.8 Å². The number of nitrogens with zero attached hydrogens (tertiary/aromatic N) is 1. The lowest BCUT2D eigenvalue weighted by molar-refractivity contribution is -0.138. The summed E-state index contributed by atoms with van der Waals surface area (Å²) in [5, 5.41) is 14.5. The van der Waals surface area contributed by atoms with Crippen LogP contribution in [0.15, 0.2) is 0 Å². The largest absolute Gasteiger partial charge is 0.481 e. The molecule has 0 aromatic heterocycles. The Morgan fingerprint density at radius 3 is 2.74 bits per heavy atom. The summed E-state index contributed by atoms with van der Waals surface area (Å²) in [5.74, 6) is -0.909. The topological polar surface area (TPSA) is 81.7 Å². The van der Waals surface area contributed by atoms with Gasteiger partial charge < -0.3 is 15.7 Å². The fraction of sp³-hybridized carbons (Fsp3) is 0.846. The Hall–Kier alpha value is -1.30. The van der Waals surface area contributed by atoms with Crippen LogP contribution in [-0.4, -0.2) is 52.7 Å². The highest BCUT2D eigenvalue weighted by Crippen LogP contribution is 2.27. The number of fused-ring (bicyclic) bond motifs is 1. The zero-order valence-corrected chi connectivity index (χ0v) is 11.6. The van der Waals surface area contributed by atoms with Crippen LogP contribution in [0, 0.1) is 0 Å². The molecule has 2 atom stereocenters. The second-order valence-corrected chi connectivity index (χ2v) is 6.19. The number of nitrogens with one attached hydrogen (secondary N) is 2. The average Bonchev–Trinajstić information content (AvgIpc) is 2.79. The first-order valence-corrected chi connectivity index (χ1v) is 6.92. The van der Waals surface area contributed by atoms with Crippen molar-refractivity contribution >= 4 is 12.0 Å². The highest BCUT2D eigenvalue weighted by molar-refractivity contribution is 5.77. The molecular weight excluding hydrogens is 246 g/mol. The maximum Gasteiger partial charge on any atom is 0.315 e. The van der Waals surface area contributed by atoms with Gasteiger partial charge in [-0.25, -0.2) is 4.79 Å². The molecule has 2 fully saturated rings. The van der Waals surface area contributed by atoms with Gasteiger partial charge in [0.2, 0.25) is 0 Å². The number of carboxylic acid groups (broad SMARTS) is 1.